The topological polar surface area (TPSA) is 56.7 Å². The summed E-state index contributed by atoms with van der Waals surface area (Å²) in [4.78, 5) is 4.40. The molecule has 1 aromatic carbocycles. The van der Waals surface area contributed by atoms with E-state index in [-0.39, 0.29) is 0 Å². The fourth-order valence-electron chi connectivity index (χ4n) is 1.95. The molecular weight excluding hydrogens is 248 g/mol. The molecule has 2 heterocycles. The van der Waals surface area contributed by atoms with Gasteiger partial charge in [-0.25, -0.2) is 4.68 Å². The van der Waals surface area contributed by atoms with E-state index in [0.29, 0.717) is 17.4 Å². The van der Waals surface area contributed by atoms with Crippen molar-refractivity contribution in [3.8, 4) is 0 Å². The third-order valence-electron chi connectivity index (χ3n) is 2.87. The Bertz CT molecular complexity index is 700. The second-order valence-corrected chi connectivity index (χ2v) is 4.43. The maximum absolute atomic E-state index is 5.89. The third kappa shape index (κ3) is 1.80. The van der Waals surface area contributed by atoms with Gasteiger partial charge in [0.2, 0.25) is 0 Å². The SMILES string of the molecule is Nc1c(Cl)cnn1Cc1cccc2cccnc12. The maximum atomic E-state index is 5.89. The van der Waals surface area contributed by atoms with Gasteiger partial charge in [0, 0.05) is 11.6 Å². The Hall–Kier alpha value is -2.07. The van der Waals surface area contributed by atoms with E-state index in [1.807, 2.05) is 30.3 Å². The number of benzene rings is 1. The first-order valence-corrected chi connectivity index (χ1v) is 5.93. The number of nitrogen functional groups attached to an aromatic ring is 1. The van der Waals surface area contributed by atoms with Gasteiger partial charge >= 0.3 is 0 Å². The van der Waals surface area contributed by atoms with Crippen molar-refractivity contribution >= 4 is 28.3 Å². The molecule has 18 heavy (non-hydrogen) atoms. The third-order valence-corrected chi connectivity index (χ3v) is 3.16. The lowest BCUT2D eigenvalue weighted by Crippen LogP contribution is -2.06. The van der Waals surface area contributed by atoms with Gasteiger partial charge in [0.15, 0.2) is 0 Å². The Morgan fingerprint density at radius 1 is 1.22 bits per heavy atom. The summed E-state index contributed by atoms with van der Waals surface area (Å²) in [6.07, 6.45) is 3.33. The lowest BCUT2D eigenvalue weighted by Gasteiger charge is -2.07. The van der Waals surface area contributed by atoms with Gasteiger partial charge in [-0.2, -0.15) is 5.10 Å². The molecule has 4 nitrogen and oxygen atoms in total. The first kappa shape index (κ1) is 11.0. The van der Waals surface area contributed by atoms with Crippen LogP contribution in [0, 0.1) is 0 Å². The van der Waals surface area contributed by atoms with E-state index < -0.39 is 0 Å². The number of pyridine rings is 1. The minimum Gasteiger partial charge on any atom is -0.383 e. The van der Waals surface area contributed by atoms with Crippen LogP contribution in [-0.2, 0) is 6.54 Å². The van der Waals surface area contributed by atoms with Gasteiger partial charge in [-0.1, -0.05) is 35.9 Å². The first-order valence-electron chi connectivity index (χ1n) is 5.55. The Labute approximate surface area is 109 Å². The fourth-order valence-corrected chi connectivity index (χ4v) is 2.10. The van der Waals surface area contributed by atoms with Crippen LogP contribution < -0.4 is 5.73 Å². The average molecular weight is 259 g/mol. The summed E-state index contributed by atoms with van der Waals surface area (Å²) in [6, 6.07) is 10.0. The highest BCUT2D eigenvalue weighted by Gasteiger charge is 2.08. The molecule has 0 fully saturated rings. The van der Waals surface area contributed by atoms with Crippen LogP contribution in [0.1, 0.15) is 5.56 Å². The van der Waals surface area contributed by atoms with E-state index in [1.165, 1.54) is 0 Å². The van der Waals surface area contributed by atoms with Crippen molar-refractivity contribution < 1.29 is 0 Å². The molecule has 2 N–H and O–H groups in total. The molecule has 90 valence electrons. The smallest absolute Gasteiger partial charge is 0.140 e. The molecule has 0 aliphatic rings. The summed E-state index contributed by atoms with van der Waals surface area (Å²) < 4.78 is 1.67. The van der Waals surface area contributed by atoms with E-state index in [1.54, 1.807) is 17.1 Å². The van der Waals surface area contributed by atoms with Crippen molar-refractivity contribution in [1.29, 1.82) is 0 Å². The molecule has 3 rings (SSSR count). The van der Waals surface area contributed by atoms with Crippen molar-refractivity contribution in [2.75, 3.05) is 5.73 Å². The molecule has 0 bridgehead atoms. The standard InChI is InChI=1S/C13H11ClN4/c14-11-7-17-18(13(11)15)8-10-4-1-3-9-5-2-6-16-12(9)10/h1-7H,8,15H2. The predicted molar refractivity (Wildman–Crippen MR) is 72.5 cm³/mol. The van der Waals surface area contributed by atoms with Gasteiger partial charge in [-0.3, -0.25) is 4.98 Å². The normalized spacial score (nSPS) is 10.9. The number of halogens is 1. The number of rotatable bonds is 2. The van der Waals surface area contributed by atoms with Crippen LogP contribution in [-0.4, -0.2) is 14.8 Å². The molecule has 0 aliphatic heterocycles. The highest BCUT2D eigenvalue weighted by molar-refractivity contribution is 6.32. The predicted octanol–water partition coefficient (Wildman–Crippen LogP) is 2.72. The summed E-state index contributed by atoms with van der Waals surface area (Å²) in [5.41, 5.74) is 7.88. The van der Waals surface area contributed by atoms with Crippen LogP contribution in [0.25, 0.3) is 10.9 Å². The molecule has 0 spiro atoms. The molecular formula is C13H11ClN4. The summed E-state index contributed by atoms with van der Waals surface area (Å²) in [6.45, 7) is 0.562. The van der Waals surface area contributed by atoms with E-state index in [9.17, 15) is 0 Å². The average Bonchev–Trinajstić information content (AvgIpc) is 2.71. The van der Waals surface area contributed by atoms with Crippen molar-refractivity contribution in [1.82, 2.24) is 14.8 Å². The van der Waals surface area contributed by atoms with Crippen LogP contribution >= 0.6 is 11.6 Å². The number of hydrogen-bond acceptors (Lipinski definition) is 3. The van der Waals surface area contributed by atoms with Crippen molar-refractivity contribution in [3.05, 3.63) is 53.3 Å². The quantitative estimate of drug-likeness (QED) is 0.769. The summed E-state index contributed by atoms with van der Waals surface area (Å²) in [7, 11) is 0. The summed E-state index contributed by atoms with van der Waals surface area (Å²) in [5, 5.41) is 5.73. The van der Waals surface area contributed by atoms with Crippen LogP contribution in [0.4, 0.5) is 5.82 Å². The summed E-state index contributed by atoms with van der Waals surface area (Å²) >= 11 is 5.89. The lowest BCUT2D eigenvalue weighted by molar-refractivity contribution is 0.699. The zero-order chi connectivity index (χ0) is 12.5. The van der Waals surface area contributed by atoms with E-state index in [0.717, 1.165) is 16.5 Å². The number of hydrogen-bond donors (Lipinski definition) is 1. The van der Waals surface area contributed by atoms with Gasteiger partial charge in [0.05, 0.1) is 18.3 Å². The van der Waals surface area contributed by atoms with Gasteiger partial charge in [-0.15, -0.1) is 0 Å². The van der Waals surface area contributed by atoms with Gasteiger partial charge in [0.25, 0.3) is 0 Å². The highest BCUT2D eigenvalue weighted by atomic mass is 35.5. The molecule has 2 aromatic heterocycles. The van der Waals surface area contributed by atoms with Crippen LogP contribution in [0.5, 0.6) is 0 Å². The maximum Gasteiger partial charge on any atom is 0.140 e. The first-order chi connectivity index (χ1) is 8.75. The number of aromatic nitrogens is 3. The molecule has 0 aliphatic carbocycles. The van der Waals surface area contributed by atoms with E-state index in [4.69, 9.17) is 17.3 Å². The number of nitrogens with two attached hydrogens (primary N) is 1. The number of anilines is 1. The van der Waals surface area contributed by atoms with Crippen LogP contribution in [0.2, 0.25) is 5.02 Å². The van der Waals surface area contributed by atoms with Gasteiger partial charge in [0.1, 0.15) is 10.8 Å². The van der Waals surface area contributed by atoms with Crippen LogP contribution in [0.15, 0.2) is 42.7 Å². The molecule has 0 saturated heterocycles. The monoisotopic (exact) mass is 258 g/mol. The van der Waals surface area contributed by atoms with E-state index >= 15 is 0 Å². The Morgan fingerprint density at radius 3 is 2.83 bits per heavy atom. The van der Waals surface area contributed by atoms with Crippen LogP contribution in [0.3, 0.4) is 0 Å². The minimum atomic E-state index is 0.475. The molecule has 5 heteroatoms. The number of para-hydroxylation sites is 1. The molecule has 0 atom stereocenters. The van der Waals surface area contributed by atoms with Crippen molar-refractivity contribution in [2.24, 2.45) is 0 Å². The Balaban J connectivity index is 2.08. The highest BCUT2D eigenvalue weighted by Crippen LogP contribution is 2.21. The fraction of sp³-hybridized carbons (Fsp3) is 0.0769. The number of nitrogens with zero attached hydrogens (tertiary/aromatic N) is 3. The molecule has 0 amide bonds. The summed E-state index contributed by atoms with van der Waals surface area (Å²) in [5.74, 6) is 0.476. The van der Waals surface area contributed by atoms with Gasteiger partial charge in [-0.05, 0) is 11.6 Å². The molecule has 0 radical (unpaired) electrons. The second kappa shape index (κ2) is 4.31. The van der Waals surface area contributed by atoms with Crippen molar-refractivity contribution in [2.45, 2.75) is 6.54 Å². The van der Waals surface area contributed by atoms with Crippen molar-refractivity contribution in [3.63, 3.8) is 0 Å². The minimum absolute atomic E-state index is 0.475. The second-order valence-electron chi connectivity index (χ2n) is 4.03. The number of fused-ring (bicyclic) bond motifs is 1. The Kier molecular flexibility index (Phi) is 2.64. The van der Waals surface area contributed by atoms with Gasteiger partial charge < -0.3 is 5.73 Å². The lowest BCUT2D eigenvalue weighted by atomic mass is 10.1. The zero-order valence-electron chi connectivity index (χ0n) is 9.55. The van der Waals surface area contributed by atoms with E-state index in [2.05, 4.69) is 10.1 Å². The molecule has 0 saturated carbocycles. The molecule has 3 aromatic rings. The zero-order valence-corrected chi connectivity index (χ0v) is 10.3. The molecule has 0 unspecified atom stereocenters. The largest absolute Gasteiger partial charge is 0.383 e. The Morgan fingerprint density at radius 2 is 2.06 bits per heavy atom.